The minimum absolute atomic E-state index is 0.279. The van der Waals surface area contributed by atoms with Crippen LogP contribution in [-0.4, -0.2) is 22.0 Å². The van der Waals surface area contributed by atoms with E-state index in [1.165, 1.54) is 0 Å². The second-order valence-corrected chi connectivity index (χ2v) is 7.23. The predicted molar refractivity (Wildman–Crippen MR) is 113 cm³/mol. The zero-order valence-corrected chi connectivity index (χ0v) is 17.6. The zero-order chi connectivity index (χ0) is 21.0. The number of ether oxygens (including phenoxy) is 2. The number of carbonyl (C=O) groups excluding carboxylic acids is 1. The molecule has 1 unspecified atom stereocenters. The summed E-state index contributed by atoms with van der Waals surface area (Å²) >= 11 is 11.9. The standard InChI is InChI=1S/C21H19Cl2N3O3/c1-12-10-13(2)25-21(24-12)29-17-7-5-16(6-8-17)26-20(27)14(3)28-19-9-4-15(22)11-18(19)23/h4-11,14H,1-3H3,(H,26,27). The van der Waals surface area contributed by atoms with E-state index in [9.17, 15) is 4.79 Å². The van der Waals surface area contributed by atoms with Crippen molar-refractivity contribution in [3.63, 3.8) is 0 Å². The summed E-state index contributed by atoms with van der Waals surface area (Å²) in [6.07, 6.45) is -0.756. The van der Waals surface area contributed by atoms with Gasteiger partial charge in [-0.3, -0.25) is 4.79 Å². The van der Waals surface area contributed by atoms with E-state index in [-0.39, 0.29) is 11.9 Å². The quantitative estimate of drug-likeness (QED) is 0.549. The van der Waals surface area contributed by atoms with Gasteiger partial charge in [0.1, 0.15) is 11.5 Å². The number of hydrogen-bond acceptors (Lipinski definition) is 5. The van der Waals surface area contributed by atoms with E-state index >= 15 is 0 Å². The molecule has 150 valence electrons. The summed E-state index contributed by atoms with van der Waals surface area (Å²) in [4.78, 5) is 20.9. The first-order valence-electron chi connectivity index (χ1n) is 8.83. The molecule has 6 nitrogen and oxygen atoms in total. The topological polar surface area (TPSA) is 73.3 Å². The van der Waals surface area contributed by atoms with Gasteiger partial charge in [0.25, 0.3) is 5.91 Å². The highest BCUT2D eigenvalue weighted by atomic mass is 35.5. The summed E-state index contributed by atoms with van der Waals surface area (Å²) in [5.41, 5.74) is 2.25. The molecule has 3 rings (SSSR count). The van der Waals surface area contributed by atoms with Crippen molar-refractivity contribution in [3.8, 4) is 17.5 Å². The summed E-state index contributed by atoms with van der Waals surface area (Å²) < 4.78 is 11.3. The molecule has 3 aromatic rings. The van der Waals surface area contributed by atoms with Gasteiger partial charge in [0, 0.05) is 22.1 Å². The Bertz CT molecular complexity index is 1010. The Hall–Kier alpha value is -2.83. The molecule has 0 spiro atoms. The molecule has 0 bridgehead atoms. The van der Waals surface area contributed by atoms with Gasteiger partial charge in [0.15, 0.2) is 6.10 Å². The van der Waals surface area contributed by atoms with Crippen LogP contribution in [0.2, 0.25) is 10.0 Å². The van der Waals surface area contributed by atoms with Crippen molar-refractivity contribution in [2.24, 2.45) is 0 Å². The first kappa shape index (κ1) is 20.9. The van der Waals surface area contributed by atoms with Crippen LogP contribution in [0, 0.1) is 13.8 Å². The maximum absolute atomic E-state index is 12.4. The number of rotatable bonds is 6. The fourth-order valence-electron chi connectivity index (χ4n) is 2.51. The number of halogens is 2. The molecule has 0 aliphatic heterocycles. The predicted octanol–water partition coefficient (Wildman–Crippen LogP) is 5.60. The van der Waals surface area contributed by atoms with E-state index < -0.39 is 6.10 Å². The monoisotopic (exact) mass is 431 g/mol. The Morgan fingerprint density at radius 1 is 1.00 bits per heavy atom. The molecule has 1 heterocycles. The van der Waals surface area contributed by atoms with Crippen molar-refractivity contribution < 1.29 is 14.3 Å². The maximum Gasteiger partial charge on any atom is 0.322 e. The van der Waals surface area contributed by atoms with Crippen LogP contribution in [0.25, 0.3) is 0 Å². The highest BCUT2D eigenvalue weighted by molar-refractivity contribution is 6.35. The molecule has 8 heteroatoms. The molecule has 0 aliphatic carbocycles. The number of aryl methyl sites for hydroxylation is 2. The van der Waals surface area contributed by atoms with Crippen molar-refractivity contribution in [2.45, 2.75) is 26.9 Å². The van der Waals surface area contributed by atoms with Crippen LogP contribution in [0.15, 0.2) is 48.5 Å². The lowest BCUT2D eigenvalue weighted by atomic mass is 10.2. The van der Waals surface area contributed by atoms with Crippen molar-refractivity contribution in [2.75, 3.05) is 5.32 Å². The molecule has 0 radical (unpaired) electrons. The average molecular weight is 432 g/mol. The van der Waals surface area contributed by atoms with E-state index in [4.69, 9.17) is 32.7 Å². The van der Waals surface area contributed by atoms with Gasteiger partial charge in [-0.05, 0) is 69.3 Å². The van der Waals surface area contributed by atoms with Crippen molar-refractivity contribution >= 4 is 34.8 Å². The second kappa shape index (κ2) is 9.11. The van der Waals surface area contributed by atoms with Crippen molar-refractivity contribution in [1.29, 1.82) is 0 Å². The van der Waals surface area contributed by atoms with E-state index in [0.717, 1.165) is 11.4 Å². The minimum Gasteiger partial charge on any atom is -0.479 e. The van der Waals surface area contributed by atoms with Gasteiger partial charge >= 0.3 is 6.01 Å². The number of amides is 1. The fraction of sp³-hybridized carbons (Fsp3) is 0.190. The lowest BCUT2D eigenvalue weighted by molar-refractivity contribution is -0.122. The number of benzene rings is 2. The number of carbonyl (C=O) groups is 1. The van der Waals surface area contributed by atoms with Crippen LogP contribution in [0.5, 0.6) is 17.5 Å². The average Bonchev–Trinajstić information content (AvgIpc) is 2.64. The van der Waals surface area contributed by atoms with E-state index in [2.05, 4.69) is 15.3 Å². The molecule has 2 aromatic carbocycles. The number of anilines is 1. The van der Waals surface area contributed by atoms with Gasteiger partial charge in [-0.15, -0.1) is 0 Å². The molecular formula is C21H19Cl2N3O3. The number of aromatic nitrogens is 2. The van der Waals surface area contributed by atoms with Crippen LogP contribution >= 0.6 is 23.2 Å². The first-order chi connectivity index (χ1) is 13.8. The Morgan fingerprint density at radius 2 is 1.66 bits per heavy atom. The van der Waals surface area contributed by atoms with E-state index in [1.807, 2.05) is 19.9 Å². The molecule has 0 saturated carbocycles. The summed E-state index contributed by atoms with van der Waals surface area (Å²) in [6.45, 7) is 5.39. The molecule has 29 heavy (non-hydrogen) atoms. The van der Waals surface area contributed by atoms with Crippen LogP contribution < -0.4 is 14.8 Å². The third-order valence-electron chi connectivity index (χ3n) is 3.86. The van der Waals surface area contributed by atoms with Gasteiger partial charge in [0.05, 0.1) is 5.02 Å². The smallest absolute Gasteiger partial charge is 0.322 e. The van der Waals surface area contributed by atoms with E-state index in [0.29, 0.717) is 27.2 Å². The van der Waals surface area contributed by atoms with Crippen LogP contribution in [0.4, 0.5) is 5.69 Å². The lowest BCUT2D eigenvalue weighted by Crippen LogP contribution is -2.30. The first-order valence-corrected chi connectivity index (χ1v) is 9.58. The molecule has 0 saturated heterocycles. The molecule has 1 atom stereocenters. The summed E-state index contributed by atoms with van der Waals surface area (Å²) in [5.74, 6) is 0.628. The summed E-state index contributed by atoms with van der Waals surface area (Å²) in [7, 11) is 0. The Labute approximate surface area is 178 Å². The molecule has 1 aromatic heterocycles. The van der Waals surface area contributed by atoms with Gasteiger partial charge < -0.3 is 14.8 Å². The molecular weight excluding hydrogens is 413 g/mol. The van der Waals surface area contributed by atoms with Crippen LogP contribution in [-0.2, 0) is 4.79 Å². The van der Waals surface area contributed by atoms with Crippen LogP contribution in [0.3, 0.4) is 0 Å². The van der Waals surface area contributed by atoms with Gasteiger partial charge in [0.2, 0.25) is 0 Å². The lowest BCUT2D eigenvalue weighted by Gasteiger charge is -2.16. The van der Waals surface area contributed by atoms with Crippen molar-refractivity contribution in [3.05, 3.63) is 70.0 Å². The summed E-state index contributed by atoms with van der Waals surface area (Å²) in [5, 5.41) is 3.62. The number of nitrogens with one attached hydrogen (secondary N) is 1. The molecule has 0 fully saturated rings. The highest BCUT2D eigenvalue weighted by Crippen LogP contribution is 2.28. The normalized spacial score (nSPS) is 11.6. The minimum atomic E-state index is -0.756. The zero-order valence-electron chi connectivity index (χ0n) is 16.1. The number of nitrogens with zero attached hydrogens (tertiary/aromatic N) is 2. The molecule has 1 N–H and O–H groups in total. The second-order valence-electron chi connectivity index (χ2n) is 6.38. The largest absolute Gasteiger partial charge is 0.479 e. The van der Waals surface area contributed by atoms with Crippen LogP contribution in [0.1, 0.15) is 18.3 Å². The Kier molecular flexibility index (Phi) is 6.56. The highest BCUT2D eigenvalue weighted by Gasteiger charge is 2.16. The maximum atomic E-state index is 12.4. The van der Waals surface area contributed by atoms with Gasteiger partial charge in [-0.25, -0.2) is 9.97 Å². The van der Waals surface area contributed by atoms with E-state index in [1.54, 1.807) is 49.4 Å². The number of hydrogen-bond donors (Lipinski definition) is 1. The SMILES string of the molecule is Cc1cc(C)nc(Oc2ccc(NC(=O)C(C)Oc3ccc(Cl)cc3Cl)cc2)n1. The van der Waals surface area contributed by atoms with Gasteiger partial charge in [-0.2, -0.15) is 0 Å². The summed E-state index contributed by atoms with van der Waals surface area (Å²) in [6, 6.07) is 13.8. The Morgan fingerprint density at radius 3 is 2.28 bits per heavy atom. The van der Waals surface area contributed by atoms with Gasteiger partial charge in [-0.1, -0.05) is 23.2 Å². The Balaban J connectivity index is 1.60. The third kappa shape index (κ3) is 5.82. The third-order valence-corrected chi connectivity index (χ3v) is 4.39. The molecule has 0 aliphatic rings. The van der Waals surface area contributed by atoms with Crippen molar-refractivity contribution in [1.82, 2.24) is 9.97 Å². The molecule has 1 amide bonds. The fourth-order valence-corrected chi connectivity index (χ4v) is 2.96.